The monoisotopic (exact) mass is 227 g/mol. The highest BCUT2D eigenvalue weighted by atomic mass is 16.5. The van der Waals surface area contributed by atoms with Crippen molar-refractivity contribution in [2.75, 3.05) is 26.4 Å². The van der Waals surface area contributed by atoms with Gasteiger partial charge >= 0.3 is 0 Å². The maximum atomic E-state index is 5.74. The first-order valence-electron chi connectivity index (χ1n) is 6.83. The van der Waals surface area contributed by atoms with Gasteiger partial charge in [-0.1, -0.05) is 6.92 Å². The normalized spacial score (nSPS) is 32.1. The van der Waals surface area contributed by atoms with Crippen molar-refractivity contribution >= 4 is 0 Å². The minimum atomic E-state index is 0.495. The van der Waals surface area contributed by atoms with Gasteiger partial charge in [-0.05, 0) is 44.6 Å². The SMILES string of the molecule is CCCNC(CC1CCCO1)C1CCOC1. The molecule has 0 aromatic heterocycles. The maximum Gasteiger partial charge on any atom is 0.0590 e. The predicted octanol–water partition coefficient (Wildman–Crippen LogP) is 1.96. The second-order valence-corrected chi connectivity index (χ2v) is 5.06. The zero-order valence-corrected chi connectivity index (χ0v) is 10.4. The highest BCUT2D eigenvalue weighted by Gasteiger charge is 2.29. The molecule has 0 aromatic rings. The van der Waals surface area contributed by atoms with E-state index in [-0.39, 0.29) is 0 Å². The molecule has 0 aromatic carbocycles. The van der Waals surface area contributed by atoms with Crippen LogP contribution in [0, 0.1) is 5.92 Å². The van der Waals surface area contributed by atoms with Crippen molar-refractivity contribution in [3.63, 3.8) is 0 Å². The van der Waals surface area contributed by atoms with E-state index in [2.05, 4.69) is 12.2 Å². The summed E-state index contributed by atoms with van der Waals surface area (Å²) in [7, 11) is 0. The predicted molar refractivity (Wildman–Crippen MR) is 64.6 cm³/mol. The van der Waals surface area contributed by atoms with Crippen LogP contribution in [0.5, 0.6) is 0 Å². The van der Waals surface area contributed by atoms with Crippen LogP contribution in [-0.2, 0) is 9.47 Å². The number of rotatable bonds is 6. The van der Waals surface area contributed by atoms with Crippen LogP contribution < -0.4 is 5.32 Å². The third-order valence-electron chi connectivity index (χ3n) is 3.73. The molecule has 2 fully saturated rings. The summed E-state index contributed by atoms with van der Waals surface area (Å²) in [5.74, 6) is 0.704. The van der Waals surface area contributed by atoms with Gasteiger partial charge in [0.15, 0.2) is 0 Å². The Bertz CT molecular complexity index is 186. The zero-order valence-electron chi connectivity index (χ0n) is 10.4. The van der Waals surface area contributed by atoms with E-state index in [1.165, 1.54) is 32.1 Å². The fraction of sp³-hybridized carbons (Fsp3) is 1.00. The molecule has 3 atom stereocenters. The van der Waals surface area contributed by atoms with E-state index in [1.54, 1.807) is 0 Å². The Labute approximate surface area is 98.9 Å². The molecular formula is C13H25NO2. The highest BCUT2D eigenvalue weighted by Crippen LogP contribution is 2.24. The fourth-order valence-corrected chi connectivity index (χ4v) is 2.76. The summed E-state index contributed by atoms with van der Waals surface area (Å²) in [5.41, 5.74) is 0. The van der Waals surface area contributed by atoms with Crippen LogP contribution in [0.3, 0.4) is 0 Å². The van der Waals surface area contributed by atoms with Gasteiger partial charge in [-0.25, -0.2) is 0 Å². The summed E-state index contributed by atoms with van der Waals surface area (Å²) in [6.07, 6.45) is 6.58. The largest absolute Gasteiger partial charge is 0.381 e. The third kappa shape index (κ3) is 3.44. The van der Waals surface area contributed by atoms with Gasteiger partial charge in [0.05, 0.1) is 12.7 Å². The molecule has 0 amide bonds. The molecule has 2 saturated heterocycles. The lowest BCUT2D eigenvalue weighted by Gasteiger charge is -2.26. The first kappa shape index (κ1) is 12.3. The van der Waals surface area contributed by atoms with Gasteiger partial charge in [-0.15, -0.1) is 0 Å². The Hall–Kier alpha value is -0.120. The van der Waals surface area contributed by atoms with Gasteiger partial charge in [0.1, 0.15) is 0 Å². The van der Waals surface area contributed by atoms with E-state index in [1.807, 2.05) is 0 Å². The van der Waals surface area contributed by atoms with Crippen LogP contribution in [0.1, 0.15) is 39.0 Å². The van der Waals surface area contributed by atoms with Gasteiger partial charge in [0.2, 0.25) is 0 Å². The topological polar surface area (TPSA) is 30.5 Å². The van der Waals surface area contributed by atoms with Gasteiger partial charge in [-0.2, -0.15) is 0 Å². The number of ether oxygens (including phenoxy) is 2. The molecule has 0 radical (unpaired) electrons. The van der Waals surface area contributed by atoms with Crippen molar-refractivity contribution in [3.8, 4) is 0 Å². The Balaban J connectivity index is 1.80. The molecule has 3 unspecified atom stereocenters. The van der Waals surface area contributed by atoms with E-state index in [0.29, 0.717) is 18.1 Å². The van der Waals surface area contributed by atoms with Gasteiger partial charge in [0, 0.05) is 19.3 Å². The number of nitrogens with one attached hydrogen (secondary N) is 1. The van der Waals surface area contributed by atoms with Crippen molar-refractivity contribution in [2.24, 2.45) is 5.92 Å². The van der Waals surface area contributed by atoms with E-state index in [4.69, 9.17) is 9.47 Å². The van der Waals surface area contributed by atoms with Crippen molar-refractivity contribution in [1.29, 1.82) is 0 Å². The van der Waals surface area contributed by atoms with Gasteiger partial charge < -0.3 is 14.8 Å². The number of hydrogen-bond acceptors (Lipinski definition) is 3. The molecule has 94 valence electrons. The van der Waals surface area contributed by atoms with Crippen molar-refractivity contribution < 1.29 is 9.47 Å². The summed E-state index contributed by atoms with van der Waals surface area (Å²) in [6.45, 7) is 6.19. The molecule has 3 heteroatoms. The molecule has 3 nitrogen and oxygen atoms in total. The summed E-state index contributed by atoms with van der Waals surface area (Å²) in [6, 6.07) is 0.602. The standard InChI is InChI=1S/C13H25NO2/c1-2-6-14-13(11-5-8-15-10-11)9-12-4-3-7-16-12/h11-14H,2-10H2,1H3. The minimum Gasteiger partial charge on any atom is -0.381 e. The van der Waals surface area contributed by atoms with Crippen LogP contribution in [0.2, 0.25) is 0 Å². The van der Waals surface area contributed by atoms with Crippen molar-refractivity contribution in [1.82, 2.24) is 5.32 Å². The summed E-state index contributed by atoms with van der Waals surface area (Å²) < 4.78 is 11.2. The molecule has 2 aliphatic rings. The summed E-state index contributed by atoms with van der Waals surface area (Å²) >= 11 is 0. The quantitative estimate of drug-likeness (QED) is 0.752. The molecular weight excluding hydrogens is 202 g/mol. The van der Waals surface area contributed by atoms with Crippen LogP contribution in [0.25, 0.3) is 0 Å². The van der Waals surface area contributed by atoms with Crippen LogP contribution in [-0.4, -0.2) is 38.5 Å². The Morgan fingerprint density at radius 2 is 2.25 bits per heavy atom. The number of hydrogen-bond donors (Lipinski definition) is 1. The van der Waals surface area contributed by atoms with Gasteiger partial charge in [-0.3, -0.25) is 0 Å². The average molecular weight is 227 g/mol. The molecule has 0 aliphatic carbocycles. The lowest BCUT2D eigenvalue weighted by atomic mass is 9.93. The second kappa shape index (κ2) is 6.58. The van der Waals surface area contributed by atoms with E-state index >= 15 is 0 Å². The Kier molecular flexibility index (Phi) is 5.07. The highest BCUT2D eigenvalue weighted by molar-refractivity contribution is 4.83. The maximum absolute atomic E-state index is 5.74. The molecule has 0 bridgehead atoms. The van der Waals surface area contributed by atoms with E-state index < -0.39 is 0 Å². The molecule has 2 aliphatic heterocycles. The Morgan fingerprint density at radius 3 is 2.88 bits per heavy atom. The summed E-state index contributed by atoms with van der Waals surface area (Å²) in [5, 5.41) is 3.68. The van der Waals surface area contributed by atoms with Crippen molar-refractivity contribution in [2.45, 2.75) is 51.2 Å². The van der Waals surface area contributed by atoms with E-state index in [0.717, 1.165) is 26.4 Å². The lowest BCUT2D eigenvalue weighted by Crippen LogP contribution is -2.39. The molecule has 0 saturated carbocycles. The minimum absolute atomic E-state index is 0.495. The molecule has 1 N–H and O–H groups in total. The Morgan fingerprint density at radius 1 is 1.31 bits per heavy atom. The lowest BCUT2D eigenvalue weighted by molar-refractivity contribution is 0.0843. The third-order valence-corrected chi connectivity index (χ3v) is 3.73. The van der Waals surface area contributed by atoms with E-state index in [9.17, 15) is 0 Å². The van der Waals surface area contributed by atoms with Crippen LogP contribution in [0.4, 0.5) is 0 Å². The zero-order chi connectivity index (χ0) is 11.2. The van der Waals surface area contributed by atoms with Crippen LogP contribution in [0.15, 0.2) is 0 Å². The van der Waals surface area contributed by atoms with Crippen molar-refractivity contribution in [3.05, 3.63) is 0 Å². The van der Waals surface area contributed by atoms with Crippen LogP contribution >= 0.6 is 0 Å². The molecule has 2 rings (SSSR count). The van der Waals surface area contributed by atoms with Gasteiger partial charge in [0.25, 0.3) is 0 Å². The first-order chi connectivity index (χ1) is 7.90. The average Bonchev–Trinajstić information content (AvgIpc) is 2.96. The fourth-order valence-electron chi connectivity index (χ4n) is 2.76. The smallest absolute Gasteiger partial charge is 0.0590 e. The molecule has 0 spiro atoms. The summed E-state index contributed by atoms with van der Waals surface area (Å²) in [4.78, 5) is 0. The first-order valence-corrected chi connectivity index (χ1v) is 6.83. The second-order valence-electron chi connectivity index (χ2n) is 5.06. The molecule has 2 heterocycles. The molecule has 16 heavy (non-hydrogen) atoms.